The van der Waals surface area contributed by atoms with Crippen molar-refractivity contribution in [3.05, 3.63) is 29.5 Å². The molecular weight excluding hydrogens is 284 g/mol. The zero-order valence-corrected chi connectivity index (χ0v) is 14.2. The summed E-state index contributed by atoms with van der Waals surface area (Å²) in [5, 5.41) is 10.3. The zero-order chi connectivity index (χ0) is 16.2. The molecule has 2 nitrogen and oxygen atoms in total. The Kier molecular flexibility index (Phi) is 3.48. The molecule has 4 rings (SSSR count). The van der Waals surface area contributed by atoms with Crippen molar-refractivity contribution in [1.29, 1.82) is 0 Å². The van der Waals surface area contributed by atoms with Crippen molar-refractivity contribution < 1.29 is 9.90 Å². The number of rotatable bonds is 1. The summed E-state index contributed by atoms with van der Waals surface area (Å²) in [6.45, 7) is 6.59. The highest BCUT2D eigenvalue weighted by atomic mass is 16.3. The van der Waals surface area contributed by atoms with Gasteiger partial charge in [-0.25, -0.2) is 0 Å². The number of aliphatic hydroxyl groups excluding tert-OH is 1. The van der Waals surface area contributed by atoms with Gasteiger partial charge < -0.3 is 5.11 Å². The van der Waals surface area contributed by atoms with Crippen LogP contribution in [0.3, 0.4) is 0 Å². The fourth-order valence-corrected chi connectivity index (χ4v) is 6.76. The minimum atomic E-state index is -0.0984. The first-order valence-electron chi connectivity index (χ1n) is 9.29. The summed E-state index contributed by atoms with van der Waals surface area (Å²) in [4.78, 5) is 11.9. The summed E-state index contributed by atoms with van der Waals surface area (Å²) in [6, 6.07) is 0. The molecule has 5 atom stereocenters. The van der Waals surface area contributed by atoms with E-state index in [0.29, 0.717) is 24.2 Å². The van der Waals surface area contributed by atoms with Gasteiger partial charge in [0.1, 0.15) is 0 Å². The summed E-state index contributed by atoms with van der Waals surface area (Å²) < 4.78 is 0. The SMILES string of the molecule is C=C=C1CCC2C3CCC4=CC(=O)CC[C@]4(CO)C3CC[C@]12C. The third-order valence-electron chi connectivity index (χ3n) is 7.97. The Morgan fingerprint density at radius 1 is 1.22 bits per heavy atom. The second-order valence-corrected chi connectivity index (χ2v) is 8.52. The fourth-order valence-electron chi connectivity index (χ4n) is 6.76. The highest BCUT2D eigenvalue weighted by molar-refractivity contribution is 5.91. The standard InChI is InChI=1S/C21H28O2/c1-3-14-5-7-18-17-6-4-15-12-16(23)8-11-21(15,13-22)19(17)9-10-20(14,18)2/h12,17-19,22H,1,4-11,13H2,2H3/t17?,18?,19?,20-,21-/m1/s1. The van der Waals surface area contributed by atoms with Crippen LogP contribution in [-0.4, -0.2) is 17.5 Å². The van der Waals surface area contributed by atoms with Crippen LogP contribution in [0.5, 0.6) is 0 Å². The molecule has 0 heterocycles. The quantitative estimate of drug-likeness (QED) is 0.737. The molecule has 0 amide bonds. The van der Waals surface area contributed by atoms with Crippen molar-refractivity contribution in [3.63, 3.8) is 0 Å². The predicted molar refractivity (Wildman–Crippen MR) is 90.8 cm³/mol. The number of aliphatic hydroxyl groups is 1. The average Bonchev–Trinajstić information content (AvgIpc) is 2.90. The molecule has 4 aliphatic carbocycles. The number of ketones is 1. The van der Waals surface area contributed by atoms with E-state index in [0.717, 1.165) is 19.3 Å². The average molecular weight is 312 g/mol. The van der Waals surface area contributed by atoms with Gasteiger partial charge in [-0.3, -0.25) is 4.79 Å². The molecule has 3 fully saturated rings. The number of fused-ring (bicyclic) bond motifs is 5. The summed E-state index contributed by atoms with van der Waals surface area (Å²) in [7, 11) is 0. The highest BCUT2D eigenvalue weighted by Gasteiger charge is 2.58. The third-order valence-corrected chi connectivity index (χ3v) is 7.97. The second-order valence-electron chi connectivity index (χ2n) is 8.52. The Hall–Kier alpha value is -1.11. The number of allylic oxidation sites excluding steroid dienone is 1. The molecule has 23 heavy (non-hydrogen) atoms. The van der Waals surface area contributed by atoms with Crippen LogP contribution in [0.25, 0.3) is 0 Å². The molecule has 0 bridgehead atoms. The van der Waals surface area contributed by atoms with Crippen molar-refractivity contribution in [3.8, 4) is 0 Å². The van der Waals surface area contributed by atoms with Gasteiger partial charge in [0.05, 0.1) is 6.61 Å². The van der Waals surface area contributed by atoms with Crippen molar-refractivity contribution in [1.82, 2.24) is 0 Å². The minimum Gasteiger partial charge on any atom is -0.395 e. The van der Waals surface area contributed by atoms with E-state index < -0.39 is 0 Å². The van der Waals surface area contributed by atoms with Crippen molar-refractivity contribution in [2.75, 3.05) is 6.61 Å². The van der Waals surface area contributed by atoms with E-state index in [1.54, 1.807) is 0 Å². The molecule has 2 heteroatoms. The second kappa shape index (κ2) is 5.19. The van der Waals surface area contributed by atoms with E-state index in [4.69, 9.17) is 0 Å². The first-order chi connectivity index (χ1) is 11.0. The van der Waals surface area contributed by atoms with E-state index >= 15 is 0 Å². The number of hydrogen-bond donors (Lipinski definition) is 1. The van der Waals surface area contributed by atoms with E-state index in [1.165, 1.54) is 36.8 Å². The molecule has 124 valence electrons. The number of carbonyl (C=O) groups excluding carboxylic acids is 1. The van der Waals surface area contributed by atoms with Gasteiger partial charge in [-0.2, -0.15) is 0 Å². The molecule has 3 unspecified atom stereocenters. The normalized spacial score (nSPS) is 45.7. The van der Waals surface area contributed by atoms with Gasteiger partial charge in [0.25, 0.3) is 0 Å². The Balaban J connectivity index is 1.73. The van der Waals surface area contributed by atoms with Crippen LogP contribution in [0.15, 0.2) is 29.5 Å². The summed E-state index contributed by atoms with van der Waals surface area (Å²) in [5.74, 6) is 2.23. The van der Waals surface area contributed by atoms with Crippen LogP contribution in [0, 0.1) is 28.6 Å². The van der Waals surface area contributed by atoms with Gasteiger partial charge in [-0.15, -0.1) is 5.73 Å². The molecule has 0 spiro atoms. The first kappa shape index (κ1) is 15.4. The van der Waals surface area contributed by atoms with Crippen LogP contribution >= 0.6 is 0 Å². The van der Waals surface area contributed by atoms with Gasteiger partial charge in [0.2, 0.25) is 0 Å². The summed E-state index contributed by atoms with van der Waals surface area (Å²) in [5.41, 5.74) is 6.14. The lowest BCUT2D eigenvalue weighted by Crippen LogP contribution is -2.52. The van der Waals surface area contributed by atoms with E-state index in [-0.39, 0.29) is 23.2 Å². The lowest BCUT2D eigenvalue weighted by atomic mass is 9.47. The van der Waals surface area contributed by atoms with Gasteiger partial charge in [0, 0.05) is 11.8 Å². The van der Waals surface area contributed by atoms with Gasteiger partial charge >= 0.3 is 0 Å². The summed E-state index contributed by atoms with van der Waals surface area (Å²) in [6.07, 6.45) is 10.3. The van der Waals surface area contributed by atoms with E-state index in [9.17, 15) is 9.90 Å². The molecular formula is C21H28O2. The van der Waals surface area contributed by atoms with E-state index in [2.05, 4.69) is 19.2 Å². The maximum absolute atomic E-state index is 11.9. The molecule has 0 aliphatic heterocycles. The number of hydrogen-bond acceptors (Lipinski definition) is 2. The molecule has 0 aromatic carbocycles. The molecule has 0 radical (unpaired) electrons. The number of carbonyl (C=O) groups is 1. The maximum atomic E-state index is 11.9. The Bertz CT molecular complexity index is 624. The predicted octanol–water partition coefficient (Wildman–Crippen LogP) is 4.20. The minimum absolute atomic E-state index is 0.0984. The Labute approximate surface area is 139 Å². The van der Waals surface area contributed by atoms with Crippen molar-refractivity contribution in [2.45, 2.75) is 58.3 Å². The Morgan fingerprint density at radius 3 is 2.78 bits per heavy atom. The van der Waals surface area contributed by atoms with Crippen LogP contribution < -0.4 is 0 Å². The molecule has 0 saturated heterocycles. The lowest BCUT2D eigenvalue weighted by molar-refractivity contribution is -0.118. The first-order valence-corrected chi connectivity index (χ1v) is 9.29. The molecule has 1 N–H and O–H groups in total. The monoisotopic (exact) mass is 312 g/mol. The Morgan fingerprint density at radius 2 is 2.04 bits per heavy atom. The maximum Gasteiger partial charge on any atom is 0.155 e. The van der Waals surface area contributed by atoms with Crippen molar-refractivity contribution >= 4 is 5.78 Å². The molecule has 0 aromatic heterocycles. The van der Waals surface area contributed by atoms with E-state index in [1.807, 2.05) is 6.08 Å². The topological polar surface area (TPSA) is 37.3 Å². The van der Waals surface area contributed by atoms with Gasteiger partial charge in [-0.1, -0.05) is 19.1 Å². The fraction of sp³-hybridized carbons (Fsp3) is 0.714. The zero-order valence-electron chi connectivity index (χ0n) is 14.2. The highest BCUT2D eigenvalue weighted by Crippen LogP contribution is 2.66. The van der Waals surface area contributed by atoms with Gasteiger partial charge in [-0.05, 0) is 79.8 Å². The smallest absolute Gasteiger partial charge is 0.155 e. The van der Waals surface area contributed by atoms with Crippen LogP contribution in [-0.2, 0) is 4.79 Å². The van der Waals surface area contributed by atoms with Crippen LogP contribution in [0.4, 0.5) is 0 Å². The largest absolute Gasteiger partial charge is 0.395 e. The molecule has 3 saturated carbocycles. The lowest BCUT2D eigenvalue weighted by Gasteiger charge is -2.57. The third kappa shape index (κ3) is 1.95. The van der Waals surface area contributed by atoms with Crippen molar-refractivity contribution in [2.24, 2.45) is 28.6 Å². The molecule has 4 aliphatic rings. The van der Waals surface area contributed by atoms with Crippen LogP contribution in [0.2, 0.25) is 0 Å². The molecule has 0 aromatic rings. The summed E-state index contributed by atoms with van der Waals surface area (Å²) >= 11 is 0. The van der Waals surface area contributed by atoms with Crippen LogP contribution in [0.1, 0.15) is 58.3 Å². The van der Waals surface area contributed by atoms with Gasteiger partial charge in [0.15, 0.2) is 5.78 Å².